The molecule has 4 saturated carbocycles. The van der Waals surface area contributed by atoms with Crippen molar-refractivity contribution in [3.8, 4) is 0 Å². The topological polar surface area (TPSA) is 12.0 Å². The molecule has 0 spiro atoms. The molecule has 4 unspecified atom stereocenters. The summed E-state index contributed by atoms with van der Waals surface area (Å²) in [6.07, 6.45) is 8.96. The third-order valence-electron chi connectivity index (χ3n) is 5.53. The Bertz CT molecular complexity index is 264. The van der Waals surface area contributed by atoms with Gasteiger partial charge >= 0.3 is 0 Å². The molecule has 4 aliphatic rings. The van der Waals surface area contributed by atoms with Crippen LogP contribution in [0.5, 0.6) is 0 Å². The predicted molar refractivity (Wildman–Crippen MR) is 71.8 cm³/mol. The number of hydrogen-bond donors (Lipinski definition) is 1. The predicted octanol–water partition coefficient (Wildman–Crippen LogP) is 3.57. The lowest BCUT2D eigenvalue weighted by atomic mass is 9.48. The normalized spacial score (nSPS) is 51.9. The van der Waals surface area contributed by atoms with E-state index < -0.39 is 0 Å². The lowest BCUT2D eigenvalue weighted by Gasteiger charge is -2.60. The Balaban J connectivity index is 1.82. The average molecular weight is 286 g/mol. The van der Waals surface area contributed by atoms with Crippen molar-refractivity contribution in [3.63, 3.8) is 0 Å². The third-order valence-corrected chi connectivity index (χ3v) is 7.25. The van der Waals surface area contributed by atoms with Crippen LogP contribution in [0.1, 0.15) is 45.4 Å². The first-order valence-corrected chi connectivity index (χ1v) is 7.86. The Morgan fingerprint density at radius 3 is 2.44 bits per heavy atom. The number of rotatable bonds is 3. The van der Waals surface area contributed by atoms with Crippen LogP contribution in [0.15, 0.2) is 0 Å². The van der Waals surface area contributed by atoms with E-state index in [4.69, 9.17) is 0 Å². The number of halogens is 1. The summed E-state index contributed by atoms with van der Waals surface area (Å²) >= 11 is 4.07. The van der Waals surface area contributed by atoms with Crippen LogP contribution in [0.2, 0.25) is 0 Å². The van der Waals surface area contributed by atoms with Gasteiger partial charge in [0, 0.05) is 10.9 Å². The van der Waals surface area contributed by atoms with Crippen molar-refractivity contribution >= 4 is 15.9 Å². The fourth-order valence-electron chi connectivity index (χ4n) is 5.14. The first-order valence-electron chi connectivity index (χ1n) is 6.94. The van der Waals surface area contributed by atoms with E-state index in [-0.39, 0.29) is 0 Å². The van der Waals surface area contributed by atoms with Gasteiger partial charge in [0.25, 0.3) is 0 Å². The van der Waals surface area contributed by atoms with Crippen LogP contribution < -0.4 is 5.32 Å². The minimum absolute atomic E-state index is 0.636. The highest BCUT2D eigenvalue weighted by molar-refractivity contribution is 9.09. The highest BCUT2D eigenvalue weighted by Gasteiger charge is 2.56. The average Bonchev–Trinajstić information content (AvgIpc) is 2.24. The van der Waals surface area contributed by atoms with Crippen molar-refractivity contribution < 1.29 is 0 Å². The van der Waals surface area contributed by atoms with Gasteiger partial charge in [0.1, 0.15) is 0 Å². The molecule has 0 heterocycles. The van der Waals surface area contributed by atoms with E-state index in [2.05, 4.69) is 35.2 Å². The van der Waals surface area contributed by atoms with Crippen molar-refractivity contribution in [1.29, 1.82) is 0 Å². The van der Waals surface area contributed by atoms with Crippen LogP contribution in [-0.4, -0.2) is 17.9 Å². The van der Waals surface area contributed by atoms with Gasteiger partial charge in [-0.1, -0.05) is 15.9 Å². The Hall–Kier alpha value is 0.440. The molecule has 0 aromatic carbocycles. The molecule has 0 radical (unpaired) electrons. The van der Waals surface area contributed by atoms with Gasteiger partial charge in [0.05, 0.1) is 0 Å². The van der Waals surface area contributed by atoms with E-state index in [1.165, 1.54) is 32.1 Å². The molecule has 2 heteroatoms. The highest BCUT2D eigenvalue weighted by Crippen LogP contribution is 2.63. The van der Waals surface area contributed by atoms with Crippen LogP contribution in [0.25, 0.3) is 0 Å². The zero-order chi connectivity index (χ0) is 11.3. The van der Waals surface area contributed by atoms with Gasteiger partial charge in [-0.2, -0.15) is 0 Å². The van der Waals surface area contributed by atoms with E-state index in [9.17, 15) is 0 Å². The third kappa shape index (κ3) is 1.68. The molecule has 0 aliphatic heterocycles. The largest absolute Gasteiger partial charge is 0.317 e. The van der Waals surface area contributed by atoms with Crippen molar-refractivity contribution in [1.82, 2.24) is 5.32 Å². The lowest BCUT2D eigenvalue weighted by Crippen LogP contribution is -2.55. The van der Waals surface area contributed by atoms with Gasteiger partial charge in [0.2, 0.25) is 0 Å². The zero-order valence-corrected chi connectivity index (χ0v) is 12.1. The van der Waals surface area contributed by atoms with E-state index in [0.717, 1.165) is 22.6 Å². The second-order valence-electron chi connectivity index (χ2n) is 6.77. The monoisotopic (exact) mass is 285 g/mol. The van der Waals surface area contributed by atoms with Crippen LogP contribution in [-0.2, 0) is 0 Å². The standard InChI is InChI=1S/C14H24BrN/c1-9(16-2)6-14-7-10-3-11(8-14)5-12(4-10)13(14)15/h9-13,16H,3-8H2,1-2H3/t9?,10-,11+,12?,13?,14?. The summed E-state index contributed by atoms with van der Waals surface area (Å²) in [6, 6.07) is 0.677. The summed E-state index contributed by atoms with van der Waals surface area (Å²) in [5.41, 5.74) is 0.636. The van der Waals surface area contributed by atoms with Crippen molar-refractivity contribution in [3.05, 3.63) is 0 Å². The summed E-state index contributed by atoms with van der Waals surface area (Å²) < 4.78 is 0. The van der Waals surface area contributed by atoms with Crippen LogP contribution in [0.3, 0.4) is 0 Å². The summed E-state index contributed by atoms with van der Waals surface area (Å²) in [6.45, 7) is 2.35. The van der Waals surface area contributed by atoms with Gasteiger partial charge in [-0.15, -0.1) is 0 Å². The minimum atomic E-state index is 0.636. The first-order chi connectivity index (χ1) is 7.63. The molecular formula is C14H24BrN. The minimum Gasteiger partial charge on any atom is -0.317 e. The summed E-state index contributed by atoms with van der Waals surface area (Å²) in [7, 11) is 2.11. The van der Waals surface area contributed by atoms with Gasteiger partial charge in [-0.25, -0.2) is 0 Å². The fourth-order valence-corrected chi connectivity index (χ4v) is 6.13. The maximum absolute atomic E-state index is 4.07. The Morgan fingerprint density at radius 2 is 1.88 bits per heavy atom. The summed E-state index contributed by atoms with van der Waals surface area (Å²) in [5.74, 6) is 3.13. The molecule has 16 heavy (non-hydrogen) atoms. The van der Waals surface area contributed by atoms with Crippen molar-refractivity contribution in [2.24, 2.45) is 23.2 Å². The quantitative estimate of drug-likeness (QED) is 0.782. The van der Waals surface area contributed by atoms with Gasteiger partial charge in [-0.3, -0.25) is 0 Å². The molecule has 4 bridgehead atoms. The Kier molecular flexibility index (Phi) is 2.87. The van der Waals surface area contributed by atoms with E-state index in [0.29, 0.717) is 11.5 Å². The molecule has 0 aromatic heterocycles. The summed E-state index contributed by atoms with van der Waals surface area (Å²) in [4.78, 5) is 0.809. The molecule has 4 aliphatic carbocycles. The van der Waals surface area contributed by atoms with E-state index >= 15 is 0 Å². The molecule has 0 amide bonds. The second kappa shape index (κ2) is 3.98. The molecule has 0 saturated heterocycles. The number of nitrogens with one attached hydrogen (secondary N) is 1. The fraction of sp³-hybridized carbons (Fsp3) is 1.00. The van der Waals surface area contributed by atoms with Gasteiger partial charge in [-0.05, 0) is 75.7 Å². The maximum Gasteiger partial charge on any atom is 0.0231 e. The van der Waals surface area contributed by atoms with E-state index in [1.54, 1.807) is 6.42 Å². The van der Waals surface area contributed by atoms with Gasteiger partial charge < -0.3 is 5.32 Å². The molecule has 6 atom stereocenters. The molecule has 4 fully saturated rings. The van der Waals surface area contributed by atoms with E-state index in [1.807, 2.05) is 0 Å². The Labute approximate surface area is 108 Å². The molecule has 1 nitrogen and oxygen atoms in total. The smallest absolute Gasteiger partial charge is 0.0231 e. The maximum atomic E-state index is 4.07. The zero-order valence-electron chi connectivity index (χ0n) is 10.5. The van der Waals surface area contributed by atoms with Gasteiger partial charge in [0.15, 0.2) is 0 Å². The van der Waals surface area contributed by atoms with Crippen molar-refractivity contribution in [2.75, 3.05) is 7.05 Å². The SMILES string of the molecule is CNC(C)CC12C[C@@H]3CC(C[C@@H](C3)C1)C2Br. The first kappa shape index (κ1) is 11.5. The van der Waals surface area contributed by atoms with Crippen LogP contribution >= 0.6 is 15.9 Å². The van der Waals surface area contributed by atoms with Crippen LogP contribution in [0, 0.1) is 23.2 Å². The van der Waals surface area contributed by atoms with Crippen LogP contribution in [0.4, 0.5) is 0 Å². The summed E-state index contributed by atoms with van der Waals surface area (Å²) in [5, 5.41) is 3.44. The molecular weight excluding hydrogens is 262 g/mol. The Morgan fingerprint density at radius 1 is 1.25 bits per heavy atom. The molecule has 0 aromatic rings. The molecule has 1 N–H and O–H groups in total. The number of hydrogen-bond acceptors (Lipinski definition) is 1. The lowest BCUT2D eigenvalue weighted by molar-refractivity contribution is -0.0512. The van der Waals surface area contributed by atoms with Crippen molar-refractivity contribution in [2.45, 2.75) is 56.3 Å². The molecule has 4 rings (SSSR count). The number of alkyl halides is 1. The highest BCUT2D eigenvalue weighted by atomic mass is 79.9. The second-order valence-corrected chi connectivity index (χ2v) is 7.75. The molecule has 92 valence electrons.